The number of nitrogens with one attached hydrogen (secondary N) is 1. The zero-order valence-electron chi connectivity index (χ0n) is 9.49. The van der Waals surface area contributed by atoms with Crippen molar-refractivity contribution in [3.05, 3.63) is 22.4 Å². The lowest BCUT2D eigenvalue weighted by Crippen LogP contribution is -2.25. The van der Waals surface area contributed by atoms with Crippen LogP contribution in [0.1, 0.15) is 12.6 Å². The molecular formula is C10H15BrN2O2S. The molecule has 6 heteroatoms. The Hall–Kier alpha value is -0.620. The van der Waals surface area contributed by atoms with E-state index in [0.717, 1.165) is 16.0 Å². The summed E-state index contributed by atoms with van der Waals surface area (Å²) in [6.07, 6.45) is 1.23. The number of anilines is 1. The Morgan fingerprint density at radius 1 is 1.50 bits per heavy atom. The van der Waals surface area contributed by atoms with Crippen LogP contribution in [0, 0.1) is 6.92 Å². The summed E-state index contributed by atoms with van der Waals surface area (Å²) in [6.45, 7) is 3.71. The average molecular weight is 307 g/mol. The topological polar surface area (TPSA) is 59.1 Å². The number of aryl methyl sites for hydroxylation is 1. The first-order valence-electron chi connectivity index (χ1n) is 4.85. The van der Waals surface area contributed by atoms with Crippen molar-refractivity contribution < 1.29 is 8.42 Å². The van der Waals surface area contributed by atoms with Crippen molar-refractivity contribution in [2.24, 2.45) is 0 Å². The van der Waals surface area contributed by atoms with Crippen LogP contribution < -0.4 is 5.32 Å². The zero-order chi connectivity index (χ0) is 12.3. The molecule has 16 heavy (non-hydrogen) atoms. The van der Waals surface area contributed by atoms with Gasteiger partial charge in [0.15, 0.2) is 0 Å². The fourth-order valence-corrected chi connectivity index (χ4v) is 2.83. The Kier molecular flexibility index (Phi) is 4.32. The first kappa shape index (κ1) is 13.4. The van der Waals surface area contributed by atoms with Gasteiger partial charge < -0.3 is 5.32 Å². The third kappa shape index (κ3) is 4.49. The number of hydrogen-bond donors (Lipinski definition) is 1. The average Bonchev–Trinajstić information content (AvgIpc) is 2.06. The SMILES string of the molecule is Cc1nc(Br)ccc1NC(C)CS(C)(=O)=O. The molecule has 1 N–H and O–H groups in total. The van der Waals surface area contributed by atoms with Gasteiger partial charge in [0.05, 0.1) is 17.1 Å². The van der Waals surface area contributed by atoms with Gasteiger partial charge in [0, 0.05) is 12.3 Å². The van der Waals surface area contributed by atoms with Gasteiger partial charge >= 0.3 is 0 Å². The molecule has 90 valence electrons. The second-order valence-corrected chi connectivity index (χ2v) is 6.90. The highest BCUT2D eigenvalue weighted by Gasteiger charge is 2.11. The molecule has 0 aliphatic rings. The predicted octanol–water partition coefficient (Wildman–Crippen LogP) is 2.00. The second-order valence-electron chi connectivity index (χ2n) is 3.90. The largest absolute Gasteiger partial charge is 0.380 e. The molecule has 0 aromatic carbocycles. The molecule has 0 bridgehead atoms. The molecule has 1 rings (SSSR count). The van der Waals surface area contributed by atoms with Crippen LogP contribution in [0.5, 0.6) is 0 Å². The molecule has 1 heterocycles. The van der Waals surface area contributed by atoms with Gasteiger partial charge in [-0.2, -0.15) is 0 Å². The summed E-state index contributed by atoms with van der Waals surface area (Å²) < 4.78 is 23.0. The molecule has 0 amide bonds. The van der Waals surface area contributed by atoms with Crippen LogP contribution in [-0.2, 0) is 9.84 Å². The number of halogens is 1. The molecular weight excluding hydrogens is 292 g/mol. The standard InChI is InChI=1S/C10H15BrN2O2S/c1-7(6-16(3,14)15)12-9-4-5-10(11)13-8(9)2/h4-5,7,12H,6H2,1-3H3. The molecule has 0 spiro atoms. The number of hydrogen-bond acceptors (Lipinski definition) is 4. The molecule has 0 aliphatic carbocycles. The fourth-order valence-electron chi connectivity index (χ4n) is 1.44. The Morgan fingerprint density at radius 2 is 2.12 bits per heavy atom. The van der Waals surface area contributed by atoms with Crippen molar-refractivity contribution in [3.8, 4) is 0 Å². The summed E-state index contributed by atoms with van der Waals surface area (Å²) in [6, 6.07) is 3.57. The van der Waals surface area contributed by atoms with Gasteiger partial charge in [0.2, 0.25) is 0 Å². The van der Waals surface area contributed by atoms with Crippen LogP contribution in [0.4, 0.5) is 5.69 Å². The normalized spacial score (nSPS) is 13.5. The molecule has 1 atom stereocenters. The second kappa shape index (κ2) is 5.14. The lowest BCUT2D eigenvalue weighted by molar-refractivity contribution is 0.598. The van der Waals surface area contributed by atoms with Crippen molar-refractivity contribution in [3.63, 3.8) is 0 Å². The van der Waals surface area contributed by atoms with Crippen LogP contribution in [0.3, 0.4) is 0 Å². The summed E-state index contributed by atoms with van der Waals surface area (Å²) in [5.74, 6) is 0.114. The Morgan fingerprint density at radius 3 is 2.62 bits per heavy atom. The van der Waals surface area contributed by atoms with Gasteiger partial charge in [0.25, 0.3) is 0 Å². The summed E-state index contributed by atoms with van der Waals surface area (Å²) in [5, 5.41) is 3.13. The molecule has 1 unspecified atom stereocenters. The van der Waals surface area contributed by atoms with E-state index < -0.39 is 9.84 Å². The molecule has 1 aromatic heterocycles. The third-order valence-electron chi connectivity index (χ3n) is 2.01. The van der Waals surface area contributed by atoms with E-state index in [1.54, 1.807) is 0 Å². The maximum atomic E-state index is 11.1. The lowest BCUT2D eigenvalue weighted by atomic mass is 10.3. The van der Waals surface area contributed by atoms with Gasteiger partial charge in [-0.25, -0.2) is 13.4 Å². The first-order chi connectivity index (χ1) is 7.28. The van der Waals surface area contributed by atoms with Gasteiger partial charge in [-0.3, -0.25) is 0 Å². The minimum absolute atomic E-state index is 0.114. The van der Waals surface area contributed by atoms with Crippen molar-refractivity contribution in [1.82, 2.24) is 4.98 Å². The number of nitrogens with zero attached hydrogens (tertiary/aromatic N) is 1. The summed E-state index contributed by atoms with van der Waals surface area (Å²) in [5.41, 5.74) is 1.70. The minimum atomic E-state index is -2.96. The summed E-state index contributed by atoms with van der Waals surface area (Å²) >= 11 is 3.28. The highest BCUT2D eigenvalue weighted by molar-refractivity contribution is 9.10. The molecule has 0 aliphatic heterocycles. The van der Waals surface area contributed by atoms with Crippen molar-refractivity contribution in [2.45, 2.75) is 19.9 Å². The van der Waals surface area contributed by atoms with Crippen molar-refractivity contribution in [2.75, 3.05) is 17.3 Å². The predicted molar refractivity (Wildman–Crippen MR) is 69.5 cm³/mol. The smallest absolute Gasteiger partial charge is 0.149 e. The van der Waals surface area contributed by atoms with Gasteiger partial charge in [-0.1, -0.05) is 0 Å². The van der Waals surface area contributed by atoms with E-state index in [2.05, 4.69) is 26.2 Å². The Bertz CT molecular complexity index is 474. The monoisotopic (exact) mass is 306 g/mol. The zero-order valence-corrected chi connectivity index (χ0v) is 11.9. The van der Waals surface area contributed by atoms with Crippen LogP contribution in [0.25, 0.3) is 0 Å². The van der Waals surface area contributed by atoms with E-state index in [-0.39, 0.29) is 11.8 Å². The van der Waals surface area contributed by atoms with Crippen LogP contribution in [-0.4, -0.2) is 31.5 Å². The number of rotatable bonds is 4. The van der Waals surface area contributed by atoms with Crippen LogP contribution >= 0.6 is 15.9 Å². The maximum absolute atomic E-state index is 11.1. The first-order valence-corrected chi connectivity index (χ1v) is 7.70. The van der Waals surface area contributed by atoms with Gasteiger partial charge in [0.1, 0.15) is 14.4 Å². The fraction of sp³-hybridized carbons (Fsp3) is 0.500. The molecule has 0 saturated carbocycles. The van der Waals surface area contributed by atoms with Crippen molar-refractivity contribution in [1.29, 1.82) is 0 Å². The molecule has 1 aromatic rings. The number of pyridine rings is 1. The molecule has 4 nitrogen and oxygen atoms in total. The van der Waals surface area contributed by atoms with Crippen molar-refractivity contribution >= 4 is 31.5 Å². The quantitative estimate of drug-likeness (QED) is 0.864. The molecule has 0 fully saturated rings. The van der Waals surface area contributed by atoms with E-state index in [4.69, 9.17) is 0 Å². The third-order valence-corrected chi connectivity index (χ3v) is 3.55. The Labute approximate surface area is 105 Å². The van der Waals surface area contributed by atoms with Gasteiger partial charge in [-0.15, -0.1) is 0 Å². The van der Waals surface area contributed by atoms with E-state index in [1.807, 2.05) is 26.0 Å². The van der Waals surface area contributed by atoms with E-state index >= 15 is 0 Å². The highest BCUT2D eigenvalue weighted by Crippen LogP contribution is 2.17. The van der Waals surface area contributed by atoms with E-state index in [1.165, 1.54) is 6.26 Å². The van der Waals surface area contributed by atoms with Crippen LogP contribution in [0.15, 0.2) is 16.7 Å². The van der Waals surface area contributed by atoms with Gasteiger partial charge in [-0.05, 0) is 41.9 Å². The molecule has 0 saturated heterocycles. The summed E-state index contributed by atoms with van der Waals surface area (Å²) in [7, 11) is -2.96. The Balaban J connectivity index is 2.73. The van der Waals surface area contributed by atoms with E-state index in [9.17, 15) is 8.42 Å². The minimum Gasteiger partial charge on any atom is -0.380 e. The van der Waals surface area contributed by atoms with E-state index in [0.29, 0.717) is 0 Å². The number of sulfone groups is 1. The number of aromatic nitrogens is 1. The highest BCUT2D eigenvalue weighted by atomic mass is 79.9. The molecule has 0 radical (unpaired) electrons. The lowest BCUT2D eigenvalue weighted by Gasteiger charge is -2.15. The van der Waals surface area contributed by atoms with Crippen LogP contribution in [0.2, 0.25) is 0 Å². The summed E-state index contributed by atoms with van der Waals surface area (Å²) in [4.78, 5) is 4.23. The maximum Gasteiger partial charge on any atom is 0.149 e.